The van der Waals surface area contributed by atoms with Crippen LogP contribution in [-0.2, 0) is 19.1 Å². The predicted molar refractivity (Wildman–Crippen MR) is 72.9 cm³/mol. The molecule has 0 aromatic heterocycles. The quantitative estimate of drug-likeness (QED) is 0.726. The van der Waals surface area contributed by atoms with Gasteiger partial charge in [-0.25, -0.2) is 0 Å². The van der Waals surface area contributed by atoms with E-state index in [2.05, 4.69) is 6.58 Å². The molecule has 3 atom stereocenters. The number of hydrogen-bond acceptors (Lipinski definition) is 4. The monoisotopic (exact) mass is 278 g/mol. The van der Waals surface area contributed by atoms with Crippen LogP contribution in [0, 0.1) is 22.7 Å². The molecule has 4 fully saturated rings. The average Bonchev–Trinajstić information content (AvgIpc) is 2.83. The van der Waals surface area contributed by atoms with Crippen molar-refractivity contribution in [1.29, 1.82) is 0 Å². The first kappa shape index (κ1) is 14.0. The van der Waals surface area contributed by atoms with Gasteiger partial charge in [0, 0.05) is 29.1 Å². The van der Waals surface area contributed by atoms with Crippen LogP contribution in [0.1, 0.15) is 33.6 Å². The first-order chi connectivity index (χ1) is 9.28. The second kappa shape index (κ2) is 4.01. The lowest BCUT2D eigenvalue weighted by Crippen LogP contribution is -2.68. The molecule has 110 valence electrons. The summed E-state index contributed by atoms with van der Waals surface area (Å²) in [6.45, 7) is 10.5. The van der Waals surface area contributed by atoms with Gasteiger partial charge in [-0.2, -0.15) is 0 Å². The summed E-state index contributed by atoms with van der Waals surface area (Å²) in [4.78, 5) is 25.1. The van der Waals surface area contributed by atoms with Crippen LogP contribution in [0.5, 0.6) is 0 Å². The molecule has 1 aliphatic heterocycles. The number of carbonyl (C=O) groups is 2. The summed E-state index contributed by atoms with van der Waals surface area (Å²) in [6, 6.07) is 0. The van der Waals surface area contributed by atoms with Crippen molar-refractivity contribution in [2.75, 3.05) is 13.2 Å². The molecular formula is C16H22O4. The van der Waals surface area contributed by atoms with E-state index in [0.29, 0.717) is 26.1 Å². The number of rotatable bonds is 2. The van der Waals surface area contributed by atoms with Crippen LogP contribution in [0.2, 0.25) is 0 Å². The smallest absolute Gasteiger partial charge is 0.173 e. The van der Waals surface area contributed by atoms with Crippen molar-refractivity contribution in [3.63, 3.8) is 0 Å². The summed E-state index contributed by atoms with van der Waals surface area (Å²) >= 11 is 0. The average molecular weight is 278 g/mol. The minimum atomic E-state index is -0.714. The highest BCUT2D eigenvalue weighted by Crippen LogP contribution is 2.64. The Labute approximate surface area is 119 Å². The fourth-order valence-corrected chi connectivity index (χ4v) is 4.76. The van der Waals surface area contributed by atoms with E-state index in [9.17, 15) is 9.59 Å². The standard InChI is InChI=1S/C16H22O4/c1-5-11(17)10-8-12-14(2,3)13(18)15(10,4)9-16(12)19-6-7-20-16/h5,10,12H,1,6-9H2,2-4H3/t10-,12+,15-/m0/s1. The molecule has 4 rings (SSSR count). The predicted octanol–water partition coefficient (Wildman–Crippen LogP) is 2.13. The van der Waals surface area contributed by atoms with Crippen LogP contribution in [-0.4, -0.2) is 30.6 Å². The summed E-state index contributed by atoms with van der Waals surface area (Å²) in [5.74, 6) is -0.908. The zero-order chi connectivity index (χ0) is 14.8. The van der Waals surface area contributed by atoms with Gasteiger partial charge < -0.3 is 9.47 Å². The molecule has 0 aromatic rings. The van der Waals surface area contributed by atoms with Gasteiger partial charge in [-0.1, -0.05) is 27.4 Å². The van der Waals surface area contributed by atoms with Crippen molar-refractivity contribution in [2.45, 2.75) is 39.4 Å². The first-order valence-corrected chi connectivity index (χ1v) is 7.27. The van der Waals surface area contributed by atoms with Gasteiger partial charge in [-0.15, -0.1) is 0 Å². The van der Waals surface area contributed by atoms with Gasteiger partial charge >= 0.3 is 0 Å². The molecule has 3 aliphatic carbocycles. The summed E-state index contributed by atoms with van der Waals surface area (Å²) < 4.78 is 11.8. The number of ketones is 2. The highest BCUT2D eigenvalue weighted by atomic mass is 16.7. The summed E-state index contributed by atoms with van der Waals surface area (Å²) in [6.07, 6.45) is 2.47. The van der Waals surface area contributed by atoms with E-state index in [0.717, 1.165) is 0 Å². The van der Waals surface area contributed by atoms with Gasteiger partial charge in [0.15, 0.2) is 11.6 Å². The van der Waals surface area contributed by atoms with Crippen LogP contribution in [0.15, 0.2) is 12.7 Å². The second-order valence-corrected chi connectivity index (χ2v) is 7.10. The number of carbonyl (C=O) groups excluding carboxylic acids is 2. The maximum atomic E-state index is 12.9. The van der Waals surface area contributed by atoms with Crippen molar-refractivity contribution < 1.29 is 19.1 Å². The summed E-state index contributed by atoms with van der Waals surface area (Å²) in [7, 11) is 0. The van der Waals surface area contributed by atoms with Gasteiger partial charge in [-0.3, -0.25) is 9.59 Å². The van der Waals surface area contributed by atoms with Crippen molar-refractivity contribution in [3.8, 4) is 0 Å². The van der Waals surface area contributed by atoms with Crippen LogP contribution < -0.4 is 0 Å². The van der Waals surface area contributed by atoms with E-state index in [1.807, 2.05) is 20.8 Å². The van der Waals surface area contributed by atoms with Crippen LogP contribution in [0.4, 0.5) is 0 Å². The largest absolute Gasteiger partial charge is 0.347 e. The molecule has 4 heteroatoms. The molecule has 1 heterocycles. The molecule has 3 saturated carbocycles. The van der Waals surface area contributed by atoms with E-state index in [-0.39, 0.29) is 23.4 Å². The summed E-state index contributed by atoms with van der Waals surface area (Å²) in [5.41, 5.74) is -1.23. The Hall–Kier alpha value is -1.00. The molecule has 4 aliphatic rings. The number of allylic oxidation sites excluding steroid dienone is 1. The van der Waals surface area contributed by atoms with Gasteiger partial charge in [0.25, 0.3) is 0 Å². The second-order valence-electron chi connectivity index (χ2n) is 7.10. The van der Waals surface area contributed by atoms with Gasteiger partial charge in [0.1, 0.15) is 5.78 Å². The fourth-order valence-electron chi connectivity index (χ4n) is 4.76. The highest BCUT2D eigenvalue weighted by Gasteiger charge is 2.71. The molecule has 20 heavy (non-hydrogen) atoms. The molecule has 1 spiro atoms. The van der Waals surface area contributed by atoms with E-state index in [4.69, 9.17) is 9.47 Å². The number of hydrogen-bond donors (Lipinski definition) is 0. The topological polar surface area (TPSA) is 52.6 Å². The third-order valence-electron chi connectivity index (χ3n) is 5.68. The SMILES string of the molecule is C=CC(=O)[C@@H]1C[C@H]2C3(C[C@]1(C)C(=O)C2(C)C)OCCO3. The van der Waals surface area contributed by atoms with Crippen LogP contribution in [0.25, 0.3) is 0 Å². The molecule has 1 saturated heterocycles. The lowest BCUT2D eigenvalue weighted by molar-refractivity contribution is -0.281. The third kappa shape index (κ3) is 1.49. The molecule has 0 unspecified atom stereocenters. The Morgan fingerprint density at radius 1 is 1.30 bits per heavy atom. The lowest BCUT2D eigenvalue weighted by atomic mass is 9.44. The van der Waals surface area contributed by atoms with E-state index < -0.39 is 16.6 Å². The summed E-state index contributed by atoms with van der Waals surface area (Å²) in [5, 5.41) is 0. The van der Waals surface area contributed by atoms with E-state index >= 15 is 0 Å². The maximum absolute atomic E-state index is 12.9. The fraction of sp³-hybridized carbons (Fsp3) is 0.750. The normalized spacial score (nSPS) is 41.0. The number of fused-ring (bicyclic) bond motifs is 2. The number of ether oxygens (including phenoxy) is 2. The van der Waals surface area contributed by atoms with Crippen LogP contribution >= 0.6 is 0 Å². The molecule has 0 amide bonds. The van der Waals surface area contributed by atoms with Crippen molar-refractivity contribution >= 4 is 11.6 Å². The zero-order valence-corrected chi connectivity index (χ0v) is 12.4. The Balaban J connectivity index is 2.09. The van der Waals surface area contributed by atoms with Crippen molar-refractivity contribution in [3.05, 3.63) is 12.7 Å². The molecule has 4 nitrogen and oxygen atoms in total. The van der Waals surface area contributed by atoms with Crippen LogP contribution in [0.3, 0.4) is 0 Å². The Morgan fingerprint density at radius 2 is 1.90 bits per heavy atom. The maximum Gasteiger partial charge on any atom is 0.173 e. The van der Waals surface area contributed by atoms with Crippen molar-refractivity contribution in [1.82, 2.24) is 0 Å². The molecule has 2 bridgehead atoms. The highest BCUT2D eigenvalue weighted by molar-refractivity contribution is 6.01. The molecule has 0 N–H and O–H groups in total. The van der Waals surface area contributed by atoms with Gasteiger partial charge in [0.05, 0.1) is 13.2 Å². The van der Waals surface area contributed by atoms with Crippen molar-refractivity contribution in [2.24, 2.45) is 22.7 Å². The Kier molecular flexibility index (Phi) is 2.80. The third-order valence-corrected chi connectivity index (χ3v) is 5.68. The van der Waals surface area contributed by atoms with Gasteiger partial charge in [-0.05, 0) is 12.5 Å². The van der Waals surface area contributed by atoms with Gasteiger partial charge in [0.2, 0.25) is 0 Å². The Morgan fingerprint density at radius 3 is 2.45 bits per heavy atom. The Bertz CT molecular complexity index is 487. The zero-order valence-electron chi connectivity index (χ0n) is 12.4. The molecule has 0 radical (unpaired) electrons. The minimum absolute atomic E-state index is 0.0332. The lowest BCUT2D eigenvalue weighted by Gasteiger charge is -2.61. The number of Topliss-reactive ketones (excluding diaryl/α,β-unsaturated/α-hetero) is 1. The molecule has 0 aromatic carbocycles. The minimum Gasteiger partial charge on any atom is -0.347 e. The van der Waals surface area contributed by atoms with E-state index in [1.54, 1.807) is 0 Å². The molecular weight excluding hydrogens is 256 g/mol. The first-order valence-electron chi connectivity index (χ1n) is 7.27. The van der Waals surface area contributed by atoms with E-state index in [1.165, 1.54) is 6.08 Å².